The maximum Gasteiger partial charge on any atom is 0.319 e. The Morgan fingerprint density at radius 1 is 1.19 bits per heavy atom. The molecule has 0 spiro atoms. The van der Waals surface area contributed by atoms with Crippen LogP contribution in [0.25, 0.3) is 0 Å². The standard InChI is InChI=1S/C16H17ClN2OS/c1-12-3-2-4-14(11-12)19-16(20)18-9-10-21-15-7-5-13(17)6-8-15/h2-8,11H,9-10H2,1H3,(H2,18,19,20). The SMILES string of the molecule is Cc1cccc(NC(=O)NCCSc2ccc(Cl)cc2)c1. The first kappa shape index (κ1) is 15.7. The third kappa shape index (κ3) is 5.69. The highest BCUT2D eigenvalue weighted by Crippen LogP contribution is 2.19. The molecule has 0 fully saturated rings. The molecule has 2 amide bonds. The van der Waals surface area contributed by atoms with Gasteiger partial charge in [-0.05, 0) is 48.9 Å². The summed E-state index contributed by atoms with van der Waals surface area (Å²) in [4.78, 5) is 12.9. The number of carbonyl (C=O) groups is 1. The zero-order chi connectivity index (χ0) is 15.1. The molecule has 0 unspecified atom stereocenters. The fourth-order valence-corrected chi connectivity index (χ4v) is 2.66. The van der Waals surface area contributed by atoms with E-state index < -0.39 is 0 Å². The van der Waals surface area contributed by atoms with Crippen LogP contribution in [0.1, 0.15) is 5.56 Å². The van der Waals surface area contributed by atoms with E-state index >= 15 is 0 Å². The second-order valence-corrected chi connectivity index (χ2v) is 6.16. The molecule has 21 heavy (non-hydrogen) atoms. The molecule has 0 saturated heterocycles. The monoisotopic (exact) mass is 320 g/mol. The van der Waals surface area contributed by atoms with Gasteiger partial charge in [0.15, 0.2) is 0 Å². The van der Waals surface area contributed by atoms with Crippen molar-refractivity contribution in [2.45, 2.75) is 11.8 Å². The van der Waals surface area contributed by atoms with Crippen molar-refractivity contribution in [1.29, 1.82) is 0 Å². The van der Waals surface area contributed by atoms with Crippen LogP contribution >= 0.6 is 23.4 Å². The van der Waals surface area contributed by atoms with Gasteiger partial charge in [0.2, 0.25) is 0 Å². The van der Waals surface area contributed by atoms with E-state index in [1.165, 1.54) is 0 Å². The van der Waals surface area contributed by atoms with E-state index in [0.717, 1.165) is 26.9 Å². The van der Waals surface area contributed by atoms with Crippen LogP contribution in [0.4, 0.5) is 10.5 Å². The first-order chi connectivity index (χ1) is 10.1. The zero-order valence-corrected chi connectivity index (χ0v) is 13.3. The predicted molar refractivity (Wildman–Crippen MR) is 90.4 cm³/mol. The van der Waals surface area contributed by atoms with Gasteiger partial charge in [-0.25, -0.2) is 4.79 Å². The van der Waals surface area contributed by atoms with Gasteiger partial charge in [0.1, 0.15) is 0 Å². The highest BCUT2D eigenvalue weighted by Gasteiger charge is 2.01. The maximum absolute atomic E-state index is 11.7. The number of amides is 2. The fourth-order valence-electron chi connectivity index (χ4n) is 1.76. The molecule has 0 aromatic heterocycles. The summed E-state index contributed by atoms with van der Waals surface area (Å²) in [5.41, 5.74) is 1.92. The number of nitrogens with one attached hydrogen (secondary N) is 2. The van der Waals surface area contributed by atoms with Gasteiger partial charge in [-0.3, -0.25) is 0 Å². The highest BCUT2D eigenvalue weighted by molar-refractivity contribution is 7.99. The zero-order valence-electron chi connectivity index (χ0n) is 11.7. The van der Waals surface area contributed by atoms with Crippen LogP contribution < -0.4 is 10.6 Å². The summed E-state index contributed by atoms with van der Waals surface area (Å²) in [5.74, 6) is 0.808. The van der Waals surface area contributed by atoms with Gasteiger partial charge in [-0.2, -0.15) is 0 Å². The Bertz CT molecular complexity index is 601. The average Bonchev–Trinajstić information content (AvgIpc) is 2.45. The number of halogens is 1. The number of hydrogen-bond donors (Lipinski definition) is 2. The summed E-state index contributed by atoms with van der Waals surface area (Å²) in [5, 5.41) is 6.38. The van der Waals surface area contributed by atoms with Gasteiger partial charge in [-0.1, -0.05) is 23.7 Å². The minimum atomic E-state index is -0.183. The molecular weight excluding hydrogens is 304 g/mol. The van der Waals surface area contributed by atoms with Crippen LogP contribution in [-0.2, 0) is 0 Å². The normalized spacial score (nSPS) is 10.2. The summed E-state index contributed by atoms with van der Waals surface area (Å²) in [6.45, 7) is 2.59. The first-order valence-electron chi connectivity index (χ1n) is 6.63. The van der Waals surface area contributed by atoms with Crippen LogP contribution in [0, 0.1) is 6.92 Å². The Morgan fingerprint density at radius 3 is 2.67 bits per heavy atom. The van der Waals surface area contributed by atoms with Gasteiger partial charge >= 0.3 is 6.03 Å². The van der Waals surface area contributed by atoms with Gasteiger partial charge in [0.05, 0.1) is 0 Å². The number of carbonyl (C=O) groups excluding carboxylic acids is 1. The lowest BCUT2D eigenvalue weighted by Crippen LogP contribution is -2.30. The minimum absolute atomic E-state index is 0.183. The number of hydrogen-bond acceptors (Lipinski definition) is 2. The van der Waals surface area contributed by atoms with E-state index in [1.54, 1.807) is 11.8 Å². The molecule has 2 rings (SSSR count). The number of thioether (sulfide) groups is 1. The van der Waals surface area contributed by atoms with Crippen molar-refractivity contribution in [1.82, 2.24) is 5.32 Å². The van der Waals surface area contributed by atoms with Crippen molar-refractivity contribution in [3.05, 3.63) is 59.1 Å². The number of benzene rings is 2. The van der Waals surface area contributed by atoms with Gasteiger partial charge in [-0.15, -0.1) is 11.8 Å². The minimum Gasteiger partial charge on any atom is -0.337 e. The summed E-state index contributed by atoms with van der Waals surface area (Å²) in [6, 6.07) is 15.2. The quantitative estimate of drug-likeness (QED) is 0.626. The third-order valence-electron chi connectivity index (χ3n) is 2.75. The smallest absolute Gasteiger partial charge is 0.319 e. The molecule has 2 N–H and O–H groups in total. The molecular formula is C16H17ClN2OS. The summed E-state index contributed by atoms with van der Waals surface area (Å²) in [7, 11) is 0. The van der Waals surface area contributed by atoms with Gasteiger partial charge in [0, 0.05) is 27.9 Å². The Hall–Kier alpha value is -1.65. The molecule has 2 aromatic carbocycles. The van der Waals surface area contributed by atoms with Crippen molar-refractivity contribution in [3.63, 3.8) is 0 Å². The predicted octanol–water partition coefficient (Wildman–Crippen LogP) is 4.56. The number of anilines is 1. The van der Waals surface area contributed by atoms with Gasteiger partial charge in [0.25, 0.3) is 0 Å². The molecule has 5 heteroatoms. The molecule has 0 saturated carbocycles. The van der Waals surface area contributed by atoms with Crippen LogP contribution in [0.3, 0.4) is 0 Å². The molecule has 0 aliphatic heterocycles. The van der Waals surface area contributed by atoms with Crippen molar-refractivity contribution in [2.75, 3.05) is 17.6 Å². The third-order valence-corrected chi connectivity index (χ3v) is 4.01. The molecule has 110 valence electrons. The second kappa shape index (κ2) is 7.96. The lowest BCUT2D eigenvalue weighted by molar-refractivity contribution is 0.252. The van der Waals surface area contributed by atoms with E-state index in [1.807, 2.05) is 55.5 Å². The molecule has 0 bridgehead atoms. The van der Waals surface area contributed by atoms with E-state index in [0.29, 0.717) is 6.54 Å². The second-order valence-electron chi connectivity index (χ2n) is 4.55. The first-order valence-corrected chi connectivity index (χ1v) is 8.00. The molecule has 0 heterocycles. The van der Waals surface area contributed by atoms with Crippen LogP contribution in [0.15, 0.2) is 53.4 Å². The summed E-state index contributed by atoms with van der Waals surface area (Å²) >= 11 is 7.51. The van der Waals surface area contributed by atoms with E-state index in [-0.39, 0.29) is 6.03 Å². The summed E-state index contributed by atoms with van der Waals surface area (Å²) < 4.78 is 0. The largest absolute Gasteiger partial charge is 0.337 e. The van der Waals surface area contributed by atoms with Crippen molar-refractivity contribution in [3.8, 4) is 0 Å². The van der Waals surface area contributed by atoms with E-state index in [4.69, 9.17) is 11.6 Å². The Balaban J connectivity index is 1.68. The van der Waals surface area contributed by atoms with Gasteiger partial charge < -0.3 is 10.6 Å². The molecule has 0 radical (unpaired) electrons. The molecule has 2 aromatic rings. The van der Waals surface area contributed by atoms with Crippen LogP contribution in [-0.4, -0.2) is 18.3 Å². The molecule has 0 aliphatic rings. The van der Waals surface area contributed by atoms with Crippen LogP contribution in [0.5, 0.6) is 0 Å². The average molecular weight is 321 g/mol. The van der Waals surface area contributed by atoms with E-state index in [9.17, 15) is 4.79 Å². The van der Waals surface area contributed by atoms with Crippen molar-refractivity contribution < 1.29 is 4.79 Å². The lowest BCUT2D eigenvalue weighted by atomic mass is 10.2. The van der Waals surface area contributed by atoms with Crippen molar-refractivity contribution >= 4 is 35.1 Å². The van der Waals surface area contributed by atoms with Crippen LogP contribution in [0.2, 0.25) is 5.02 Å². The number of aryl methyl sites for hydroxylation is 1. The Morgan fingerprint density at radius 2 is 1.95 bits per heavy atom. The Kier molecular flexibility index (Phi) is 5.96. The van der Waals surface area contributed by atoms with E-state index in [2.05, 4.69) is 10.6 Å². The Labute approximate surface area is 134 Å². The maximum atomic E-state index is 11.7. The number of rotatable bonds is 5. The molecule has 0 atom stereocenters. The highest BCUT2D eigenvalue weighted by atomic mass is 35.5. The topological polar surface area (TPSA) is 41.1 Å². The fraction of sp³-hybridized carbons (Fsp3) is 0.188. The van der Waals surface area contributed by atoms with Crippen molar-refractivity contribution in [2.24, 2.45) is 0 Å². The lowest BCUT2D eigenvalue weighted by Gasteiger charge is -2.08. The summed E-state index contributed by atoms with van der Waals surface area (Å²) in [6.07, 6.45) is 0. The molecule has 3 nitrogen and oxygen atoms in total. The molecule has 0 aliphatic carbocycles. The number of urea groups is 1.